The largest absolute Gasteiger partial charge is 0.573 e. The zero-order valence-corrected chi connectivity index (χ0v) is 24.1. The van der Waals surface area contributed by atoms with E-state index in [4.69, 9.17) is 0 Å². The number of aryl methyl sites for hydroxylation is 1. The SMILES string of the molecule is Cc1nc(C(F)(F)F)cn1-c1c(F)cc(-c2cc(F)c(CO)c(S(C)(=O)=O)c2)cc1-n1nncc1-c1ccc(OC(F)(F)F)cc1. The third kappa shape index (κ3) is 6.43. The number of rotatable bonds is 7. The van der Waals surface area contributed by atoms with E-state index in [0.29, 0.717) is 6.20 Å². The maximum atomic E-state index is 16.1. The molecule has 0 unspecified atom stereocenters. The molecule has 1 N–H and O–H groups in total. The van der Waals surface area contributed by atoms with Crippen LogP contribution < -0.4 is 4.74 Å². The van der Waals surface area contributed by atoms with Crippen molar-refractivity contribution in [2.45, 2.75) is 31.0 Å². The van der Waals surface area contributed by atoms with Crippen molar-refractivity contribution in [2.75, 3.05) is 6.26 Å². The average molecular weight is 674 g/mol. The quantitative estimate of drug-likeness (QED) is 0.205. The molecule has 0 amide bonds. The minimum absolute atomic E-state index is 0.0313. The fraction of sp³-hybridized carbons (Fsp3) is 0.179. The van der Waals surface area contributed by atoms with Gasteiger partial charge < -0.3 is 9.84 Å². The van der Waals surface area contributed by atoms with E-state index < -0.39 is 68.2 Å². The average Bonchev–Trinajstić information content (AvgIpc) is 3.58. The van der Waals surface area contributed by atoms with Crippen molar-refractivity contribution >= 4 is 9.84 Å². The molecule has 46 heavy (non-hydrogen) atoms. The standard InChI is InChI=1S/C28H19F8N5O4S/c1-14-38-25(27(31,32)33)12-40(14)26-21(30)8-16(17-7-20(29)19(13-42)24(10-17)46(2,43)44)9-22(26)41-23(11-37-39-41)15-3-5-18(6-4-15)45-28(34,35)36/h3-12,42H,13H2,1-2H3. The van der Waals surface area contributed by atoms with Crippen LogP contribution in [0, 0.1) is 18.6 Å². The minimum atomic E-state index is -4.97. The number of hydrogen-bond donors (Lipinski definition) is 1. The zero-order valence-electron chi connectivity index (χ0n) is 23.3. The lowest BCUT2D eigenvalue weighted by molar-refractivity contribution is -0.274. The molecule has 18 heteroatoms. The van der Waals surface area contributed by atoms with Gasteiger partial charge >= 0.3 is 12.5 Å². The third-order valence-electron chi connectivity index (χ3n) is 6.66. The number of sulfone groups is 1. The zero-order chi connectivity index (χ0) is 33.8. The van der Waals surface area contributed by atoms with Gasteiger partial charge in [0.2, 0.25) is 0 Å². The second-order valence-electron chi connectivity index (χ2n) is 9.84. The third-order valence-corrected chi connectivity index (χ3v) is 7.83. The Balaban J connectivity index is 1.77. The topological polar surface area (TPSA) is 112 Å². The number of alkyl halides is 6. The van der Waals surface area contributed by atoms with Gasteiger partial charge in [-0.1, -0.05) is 5.21 Å². The minimum Gasteiger partial charge on any atom is -0.406 e. The van der Waals surface area contributed by atoms with Gasteiger partial charge in [0.15, 0.2) is 15.5 Å². The van der Waals surface area contributed by atoms with Crippen LogP contribution in [0.1, 0.15) is 17.1 Å². The van der Waals surface area contributed by atoms with Crippen LogP contribution in [0.3, 0.4) is 0 Å². The molecule has 0 bridgehead atoms. The van der Waals surface area contributed by atoms with Crippen LogP contribution >= 0.6 is 0 Å². The summed E-state index contributed by atoms with van der Waals surface area (Å²) >= 11 is 0. The highest BCUT2D eigenvalue weighted by Gasteiger charge is 2.35. The Morgan fingerprint density at radius 1 is 0.913 bits per heavy atom. The van der Waals surface area contributed by atoms with Gasteiger partial charge in [0.25, 0.3) is 0 Å². The van der Waals surface area contributed by atoms with Crippen molar-refractivity contribution in [3.05, 3.63) is 89.6 Å². The molecule has 2 heterocycles. The summed E-state index contributed by atoms with van der Waals surface area (Å²) in [6.07, 6.45) is -7.42. The summed E-state index contributed by atoms with van der Waals surface area (Å²) in [7, 11) is -4.11. The number of ether oxygens (including phenoxy) is 1. The van der Waals surface area contributed by atoms with Crippen LogP contribution in [0.4, 0.5) is 35.1 Å². The van der Waals surface area contributed by atoms with E-state index in [1.807, 2.05) is 0 Å². The Labute approximate surface area is 254 Å². The van der Waals surface area contributed by atoms with E-state index in [1.54, 1.807) is 0 Å². The number of benzene rings is 3. The number of hydrogen-bond acceptors (Lipinski definition) is 7. The fourth-order valence-electron chi connectivity index (χ4n) is 4.69. The Morgan fingerprint density at radius 3 is 2.11 bits per heavy atom. The van der Waals surface area contributed by atoms with Crippen molar-refractivity contribution in [3.63, 3.8) is 0 Å². The normalized spacial score (nSPS) is 12.5. The lowest BCUT2D eigenvalue weighted by Gasteiger charge is -2.18. The number of aliphatic hydroxyl groups excluding tert-OH is 1. The van der Waals surface area contributed by atoms with Gasteiger partial charge in [0.1, 0.15) is 28.9 Å². The molecule has 5 aromatic rings. The first-order valence-electron chi connectivity index (χ1n) is 12.8. The number of halogens is 8. The maximum absolute atomic E-state index is 16.1. The van der Waals surface area contributed by atoms with Crippen molar-refractivity contribution < 1.29 is 53.4 Å². The Morgan fingerprint density at radius 2 is 1.54 bits per heavy atom. The summed E-state index contributed by atoms with van der Waals surface area (Å²) in [5.74, 6) is -3.17. The molecule has 0 saturated carbocycles. The predicted octanol–water partition coefficient (Wildman–Crippen LogP) is 6.19. The van der Waals surface area contributed by atoms with Crippen molar-refractivity contribution in [2.24, 2.45) is 0 Å². The van der Waals surface area contributed by atoms with Crippen molar-refractivity contribution in [1.29, 1.82) is 0 Å². The summed E-state index contributed by atoms with van der Waals surface area (Å²) in [5, 5.41) is 17.3. The summed E-state index contributed by atoms with van der Waals surface area (Å²) in [6, 6.07) is 8.17. The smallest absolute Gasteiger partial charge is 0.406 e. The maximum Gasteiger partial charge on any atom is 0.573 e. The molecule has 0 fully saturated rings. The highest BCUT2D eigenvalue weighted by Crippen LogP contribution is 2.37. The Hall–Kier alpha value is -4.84. The van der Waals surface area contributed by atoms with Crippen molar-refractivity contribution in [3.8, 4) is 39.5 Å². The van der Waals surface area contributed by atoms with Crippen LogP contribution in [0.2, 0.25) is 0 Å². The number of nitrogens with zero attached hydrogens (tertiary/aromatic N) is 5. The lowest BCUT2D eigenvalue weighted by atomic mass is 10.0. The number of aliphatic hydroxyl groups is 1. The van der Waals surface area contributed by atoms with Crippen LogP contribution in [-0.2, 0) is 22.6 Å². The Kier molecular flexibility index (Phi) is 8.14. The highest BCUT2D eigenvalue weighted by atomic mass is 32.2. The predicted molar refractivity (Wildman–Crippen MR) is 145 cm³/mol. The molecule has 242 valence electrons. The van der Waals surface area contributed by atoms with Gasteiger partial charge in [-0.05, 0) is 66.6 Å². The molecule has 0 spiro atoms. The monoisotopic (exact) mass is 673 g/mol. The molecule has 0 aliphatic heterocycles. The molecule has 0 aliphatic rings. The van der Waals surface area contributed by atoms with E-state index in [9.17, 15) is 44.3 Å². The van der Waals surface area contributed by atoms with Gasteiger partial charge in [0.05, 0.1) is 29.1 Å². The number of imidazole rings is 1. The van der Waals surface area contributed by atoms with Crippen LogP contribution in [0.15, 0.2) is 65.8 Å². The molecule has 5 rings (SSSR count). The summed E-state index contributed by atoms with van der Waals surface area (Å²) in [6.45, 7) is 0.207. The van der Waals surface area contributed by atoms with Gasteiger partial charge in [-0.3, -0.25) is 4.57 Å². The van der Waals surface area contributed by atoms with E-state index in [1.165, 1.54) is 25.1 Å². The van der Waals surface area contributed by atoms with E-state index >= 15 is 4.39 Å². The molecule has 3 aromatic carbocycles. The molecule has 0 atom stereocenters. The first kappa shape index (κ1) is 32.6. The summed E-state index contributed by atoms with van der Waals surface area (Å²) < 4.78 is 140. The van der Waals surface area contributed by atoms with Crippen molar-refractivity contribution in [1.82, 2.24) is 24.5 Å². The summed E-state index contributed by atoms with van der Waals surface area (Å²) in [4.78, 5) is 2.89. The fourth-order valence-corrected chi connectivity index (χ4v) is 5.64. The summed E-state index contributed by atoms with van der Waals surface area (Å²) in [5.41, 5.74) is -2.84. The first-order chi connectivity index (χ1) is 21.4. The molecule has 0 aliphatic carbocycles. The molecular formula is C28H19F8N5O4S. The molecule has 0 saturated heterocycles. The second kappa shape index (κ2) is 11.5. The van der Waals surface area contributed by atoms with E-state index in [2.05, 4.69) is 20.0 Å². The molecule has 2 aromatic heterocycles. The highest BCUT2D eigenvalue weighted by molar-refractivity contribution is 7.90. The Bertz CT molecular complexity index is 2050. The van der Waals surface area contributed by atoms with Gasteiger partial charge in [0, 0.05) is 23.6 Å². The van der Waals surface area contributed by atoms with E-state index in [0.717, 1.165) is 52.0 Å². The first-order valence-corrected chi connectivity index (χ1v) is 14.6. The van der Waals surface area contributed by atoms with Crippen LogP contribution in [0.5, 0.6) is 5.75 Å². The van der Waals surface area contributed by atoms with E-state index in [-0.39, 0.29) is 33.9 Å². The molecular weight excluding hydrogens is 654 g/mol. The van der Waals surface area contributed by atoms with Gasteiger partial charge in [-0.25, -0.2) is 26.9 Å². The number of aromatic nitrogens is 5. The van der Waals surface area contributed by atoms with Gasteiger partial charge in [-0.15, -0.1) is 18.3 Å². The molecule has 9 nitrogen and oxygen atoms in total. The van der Waals surface area contributed by atoms with Gasteiger partial charge in [-0.2, -0.15) is 13.2 Å². The molecule has 0 radical (unpaired) electrons. The van der Waals surface area contributed by atoms with Crippen LogP contribution in [-0.4, -0.2) is 50.7 Å². The second-order valence-corrected chi connectivity index (χ2v) is 11.8. The lowest BCUT2D eigenvalue weighted by Crippen LogP contribution is -2.17. The van der Waals surface area contributed by atoms with Crippen LogP contribution in [0.25, 0.3) is 33.8 Å².